The summed E-state index contributed by atoms with van der Waals surface area (Å²) in [5.74, 6) is 0.481. The highest BCUT2D eigenvalue weighted by Crippen LogP contribution is 2.32. The molecule has 98 valence electrons. The minimum Gasteiger partial charge on any atom is -0.348 e. The van der Waals surface area contributed by atoms with Gasteiger partial charge in [-0.05, 0) is 37.8 Å². The molecular weight excluding hydrogens is 240 g/mol. The van der Waals surface area contributed by atoms with Crippen molar-refractivity contribution in [3.63, 3.8) is 0 Å². The van der Waals surface area contributed by atoms with Crippen molar-refractivity contribution in [1.29, 1.82) is 0 Å². The molecule has 1 saturated carbocycles. The summed E-state index contributed by atoms with van der Waals surface area (Å²) in [5, 5.41) is 11.3. The predicted molar refractivity (Wildman–Crippen MR) is 71.0 cm³/mol. The lowest BCUT2D eigenvalue weighted by molar-refractivity contribution is 0.0930. The number of amides is 1. The summed E-state index contributed by atoms with van der Waals surface area (Å²) in [6.45, 7) is 2.04. The second kappa shape index (κ2) is 4.84. The first-order valence-electron chi connectivity index (χ1n) is 6.52. The van der Waals surface area contributed by atoms with Crippen LogP contribution in [0.2, 0.25) is 0 Å². The van der Waals surface area contributed by atoms with Crippen molar-refractivity contribution in [2.45, 2.75) is 25.8 Å². The van der Waals surface area contributed by atoms with Crippen LogP contribution in [0.1, 0.15) is 30.3 Å². The zero-order valence-electron chi connectivity index (χ0n) is 10.8. The largest absolute Gasteiger partial charge is 0.348 e. The van der Waals surface area contributed by atoms with Gasteiger partial charge in [0.2, 0.25) is 0 Å². The molecule has 1 amide bonds. The number of rotatable bonds is 4. The number of nitrogens with zero attached hydrogens (tertiary/aromatic N) is 3. The predicted octanol–water partition coefficient (Wildman–Crippen LogP) is 1.80. The van der Waals surface area contributed by atoms with Crippen LogP contribution < -0.4 is 5.32 Å². The number of para-hydroxylation sites is 1. The van der Waals surface area contributed by atoms with Gasteiger partial charge in [-0.2, -0.15) is 9.90 Å². The number of aromatic nitrogens is 3. The van der Waals surface area contributed by atoms with Gasteiger partial charge in [0.1, 0.15) is 0 Å². The normalized spacial score (nSPS) is 16.1. The summed E-state index contributed by atoms with van der Waals surface area (Å²) in [5.41, 5.74) is 1.20. The molecule has 1 aromatic carbocycles. The number of nitrogens with one attached hydrogen (secondary N) is 1. The van der Waals surface area contributed by atoms with Crippen molar-refractivity contribution < 1.29 is 4.79 Å². The Bertz CT molecular complexity index is 574. The van der Waals surface area contributed by atoms with Crippen molar-refractivity contribution >= 4 is 5.91 Å². The number of carbonyl (C=O) groups is 1. The molecule has 1 fully saturated rings. The molecule has 5 heteroatoms. The molecule has 2 aromatic rings. The number of benzene rings is 1. The quantitative estimate of drug-likeness (QED) is 0.907. The van der Waals surface area contributed by atoms with Crippen LogP contribution in [0.4, 0.5) is 0 Å². The highest BCUT2D eigenvalue weighted by Gasteiger charge is 2.29. The second-order valence-corrected chi connectivity index (χ2v) is 4.95. The van der Waals surface area contributed by atoms with E-state index in [0.717, 1.165) is 5.69 Å². The average Bonchev–Trinajstić information content (AvgIpc) is 3.17. The standard InChI is InChI=1S/C14H16N4O/c1-10(11-7-8-11)16-14(19)13-9-15-18(17-13)12-5-3-2-4-6-12/h2-6,9-11H,7-8H2,1H3,(H,16,19)/t10-/m1/s1. The van der Waals surface area contributed by atoms with E-state index < -0.39 is 0 Å². The Morgan fingerprint density at radius 1 is 1.37 bits per heavy atom. The van der Waals surface area contributed by atoms with Crippen LogP contribution in [-0.4, -0.2) is 26.9 Å². The smallest absolute Gasteiger partial charge is 0.273 e. The average molecular weight is 256 g/mol. The van der Waals surface area contributed by atoms with Gasteiger partial charge in [0, 0.05) is 6.04 Å². The Morgan fingerprint density at radius 2 is 2.11 bits per heavy atom. The van der Waals surface area contributed by atoms with Gasteiger partial charge >= 0.3 is 0 Å². The zero-order chi connectivity index (χ0) is 13.2. The summed E-state index contributed by atoms with van der Waals surface area (Å²) >= 11 is 0. The number of hydrogen-bond acceptors (Lipinski definition) is 3. The summed E-state index contributed by atoms with van der Waals surface area (Å²) in [6.07, 6.45) is 3.91. The van der Waals surface area contributed by atoms with E-state index >= 15 is 0 Å². The Labute approximate surface area is 111 Å². The fraction of sp³-hybridized carbons (Fsp3) is 0.357. The molecule has 5 nitrogen and oxygen atoms in total. The van der Waals surface area contributed by atoms with Crippen molar-refractivity contribution in [2.24, 2.45) is 5.92 Å². The molecule has 0 bridgehead atoms. The van der Waals surface area contributed by atoms with Gasteiger partial charge in [-0.25, -0.2) is 0 Å². The van der Waals surface area contributed by atoms with Gasteiger partial charge in [-0.1, -0.05) is 18.2 Å². The minimum atomic E-state index is -0.151. The molecule has 1 aliphatic carbocycles. The van der Waals surface area contributed by atoms with Crippen molar-refractivity contribution in [3.05, 3.63) is 42.2 Å². The highest BCUT2D eigenvalue weighted by molar-refractivity contribution is 5.92. The first kappa shape index (κ1) is 11.9. The number of carbonyl (C=O) groups excluding carboxylic acids is 1. The molecular formula is C14H16N4O. The SMILES string of the molecule is C[C@@H](NC(=O)c1cnn(-c2ccccc2)n1)C1CC1. The van der Waals surface area contributed by atoms with E-state index in [1.54, 1.807) is 0 Å². The lowest BCUT2D eigenvalue weighted by atomic mass is 10.2. The van der Waals surface area contributed by atoms with E-state index in [1.165, 1.54) is 23.8 Å². The lowest BCUT2D eigenvalue weighted by Crippen LogP contribution is -2.34. The third kappa shape index (κ3) is 2.65. The fourth-order valence-corrected chi connectivity index (χ4v) is 2.05. The van der Waals surface area contributed by atoms with Crippen molar-refractivity contribution in [1.82, 2.24) is 20.3 Å². The van der Waals surface area contributed by atoms with Gasteiger partial charge in [0.05, 0.1) is 11.9 Å². The zero-order valence-corrected chi connectivity index (χ0v) is 10.8. The van der Waals surface area contributed by atoms with Gasteiger partial charge < -0.3 is 5.32 Å². The van der Waals surface area contributed by atoms with Gasteiger partial charge in [-0.15, -0.1) is 5.10 Å². The molecule has 1 aromatic heterocycles. The molecule has 0 spiro atoms. The summed E-state index contributed by atoms with van der Waals surface area (Å²) in [4.78, 5) is 13.5. The second-order valence-electron chi connectivity index (χ2n) is 4.95. The molecule has 19 heavy (non-hydrogen) atoms. The molecule has 0 aliphatic heterocycles. The van der Waals surface area contributed by atoms with Crippen LogP contribution >= 0.6 is 0 Å². The molecule has 0 saturated heterocycles. The summed E-state index contributed by atoms with van der Waals surface area (Å²) < 4.78 is 0. The molecule has 1 aliphatic rings. The highest BCUT2D eigenvalue weighted by atomic mass is 16.2. The molecule has 1 N–H and O–H groups in total. The van der Waals surface area contributed by atoms with Gasteiger partial charge in [0.25, 0.3) is 5.91 Å². The Balaban J connectivity index is 1.72. The minimum absolute atomic E-state index is 0.151. The van der Waals surface area contributed by atoms with Crippen molar-refractivity contribution in [3.8, 4) is 5.69 Å². The molecule has 1 heterocycles. The van der Waals surface area contributed by atoms with E-state index in [9.17, 15) is 4.79 Å². The number of hydrogen-bond donors (Lipinski definition) is 1. The third-order valence-electron chi connectivity index (χ3n) is 3.40. The van der Waals surface area contributed by atoms with E-state index in [1.807, 2.05) is 37.3 Å². The van der Waals surface area contributed by atoms with Gasteiger partial charge in [0.15, 0.2) is 5.69 Å². The Hall–Kier alpha value is -2.17. The van der Waals surface area contributed by atoms with E-state index in [0.29, 0.717) is 11.6 Å². The summed E-state index contributed by atoms with van der Waals surface area (Å²) in [6, 6.07) is 9.76. The summed E-state index contributed by atoms with van der Waals surface area (Å²) in [7, 11) is 0. The van der Waals surface area contributed by atoms with Crippen LogP contribution in [0.5, 0.6) is 0 Å². The van der Waals surface area contributed by atoms with E-state index in [2.05, 4.69) is 15.5 Å². The lowest BCUT2D eigenvalue weighted by Gasteiger charge is -2.10. The van der Waals surface area contributed by atoms with E-state index in [4.69, 9.17) is 0 Å². The maximum absolute atomic E-state index is 12.0. The molecule has 0 radical (unpaired) electrons. The third-order valence-corrected chi connectivity index (χ3v) is 3.40. The van der Waals surface area contributed by atoms with Crippen LogP contribution in [0, 0.1) is 5.92 Å². The van der Waals surface area contributed by atoms with Crippen LogP contribution in [-0.2, 0) is 0 Å². The van der Waals surface area contributed by atoms with Crippen LogP contribution in [0.25, 0.3) is 5.69 Å². The maximum atomic E-state index is 12.0. The van der Waals surface area contributed by atoms with Crippen LogP contribution in [0.15, 0.2) is 36.5 Å². The Kier molecular flexibility index (Phi) is 3.03. The van der Waals surface area contributed by atoms with E-state index in [-0.39, 0.29) is 11.9 Å². The van der Waals surface area contributed by atoms with Gasteiger partial charge in [-0.3, -0.25) is 4.79 Å². The maximum Gasteiger partial charge on any atom is 0.273 e. The molecule has 1 atom stereocenters. The molecule has 3 rings (SSSR count). The first-order chi connectivity index (χ1) is 9.24. The van der Waals surface area contributed by atoms with Crippen LogP contribution in [0.3, 0.4) is 0 Å². The first-order valence-corrected chi connectivity index (χ1v) is 6.52. The van der Waals surface area contributed by atoms with Crippen molar-refractivity contribution in [2.75, 3.05) is 0 Å². The molecule has 0 unspecified atom stereocenters. The Morgan fingerprint density at radius 3 is 2.79 bits per heavy atom. The monoisotopic (exact) mass is 256 g/mol. The topological polar surface area (TPSA) is 59.8 Å². The fourth-order valence-electron chi connectivity index (χ4n) is 2.05.